The van der Waals surface area contributed by atoms with Crippen molar-refractivity contribution in [2.24, 2.45) is 0 Å². The van der Waals surface area contributed by atoms with Gasteiger partial charge in [0.25, 0.3) is 0 Å². The number of ether oxygens (including phenoxy) is 2. The van der Waals surface area contributed by atoms with Crippen molar-refractivity contribution in [3.05, 3.63) is 67.3 Å². The summed E-state index contributed by atoms with van der Waals surface area (Å²) in [5, 5.41) is 11.6. The Morgan fingerprint density at radius 1 is 1.19 bits per heavy atom. The highest BCUT2D eigenvalue weighted by atomic mass is 16.5. The number of nitrogens with zero attached hydrogens (tertiary/aromatic N) is 4. The molecule has 0 radical (unpaired) electrons. The predicted octanol–water partition coefficient (Wildman–Crippen LogP) is 4.57. The van der Waals surface area contributed by atoms with Crippen LogP contribution in [-0.4, -0.2) is 43.9 Å². The third kappa shape index (κ3) is 3.65. The standard InChI is InChI=1S/C24H22N6O2/c1-2-20(31-11-1)15-32-19-7-5-18(6-8-19)27-23-24-25-9-10-30(24)14-22(28-23)16-3-4-17-13-26-29-21(17)12-16/h3-10,12-14,20H,1-2,11,15H2,(H,26,29)(H,27,28)/t20-/m0/s1. The van der Waals surface area contributed by atoms with E-state index in [1.54, 1.807) is 6.20 Å². The quantitative estimate of drug-likeness (QED) is 0.413. The summed E-state index contributed by atoms with van der Waals surface area (Å²) in [4.78, 5) is 9.33. The summed E-state index contributed by atoms with van der Waals surface area (Å²) in [7, 11) is 0. The lowest BCUT2D eigenvalue weighted by Gasteiger charge is -2.13. The Balaban J connectivity index is 1.26. The molecule has 1 atom stereocenters. The van der Waals surface area contributed by atoms with Gasteiger partial charge in [0.15, 0.2) is 11.5 Å². The van der Waals surface area contributed by atoms with Crippen molar-refractivity contribution in [1.29, 1.82) is 0 Å². The Kier molecular flexibility index (Phi) is 4.69. The second kappa shape index (κ2) is 7.97. The number of H-pyrrole nitrogens is 1. The molecule has 160 valence electrons. The number of nitrogens with one attached hydrogen (secondary N) is 2. The van der Waals surface area contributed by atoms with Crippen molar-refractivity contribution in [3.8, 4) is 17.0 Å². The Morgan fingerprint density at radius 3 is 3.00 bits per heavy atom. The van der Waals surface area contributed by atoms with Crippen molar-refractivity contribution < 1.29 is 9.47 Å². The van der Waals surface area contributed by atoms with Gasteiger partial charge in [0.2, 0.25) is 0 Å². The SMILES string of the molecule is c1cn2cc(-c3ccc4cn[nH]c4c3)nc(Nc3ccc(OC[C@@H]4CCCO4)cc3)c2n1. The monoisotopic (exact) mass is 426 g/mol. The molecular weight excluding hydrogens is 404 g/mol. The van der Waals surface area contributed by atoms with Crippen LogP contribution in [0.5, 0.6) is 5.75 Å². The highest BCUT2D eigenvalue weighted by Crippen LogP contribution is 2.27. The first-order chi connectivity index (χ1) is 15.8. The van der Waals surface area contributed by atoms with Gasteiger partial charge >= 0.3 is 0 Å². The van der Waals surface area contributed by atoms with Crippen LogP contribution in [0.25, 0.3) is 27.8 Å². The third-order valence-electron chi connectivity index (χ3n) is 5.69. The Hall–Kier alpha value is -3.91. The number of benzene rings is 2. The van der Waals surface area contributed by atoms with Gasteiger partial charge in [0.1, 0.15) is 12.4 Å². The summed E-state index contributed by atoms with van der Waals surface area (Å²) in [5.74, 6) is 1.51. The molecule has 0 aliphatic carbocycles. The molecule has 32 heavy (non-hydrogen) atoms. The van der Waals surface area contributed by atoms with Crippen LogP contribution >= 0.6 is 0 Å². The smallest absolute Gasteiger partial charge is 0.180 e. The number of fused-ring (bicyclic) bond motifs is 2. The molecule has 8 nitrogen and oxygen atoms in total. The third-order valence-corrected chi connectivity index (χ3v) is 5.69. The molecule has 5 aromatic rings. The van der Waals surface area contributed by atoms with Gasteiger partial charge in [-0.25, -0.2) is 9.97 Å². The number of rotatable bonds is 6. The predicted molar refractivity (Wildman–Crippen MR) is 122 cm³/mol. The summed E-state index contributed by atoms with van der Waals surface area (Å²) in [6.45, 7) is 1.42. The van der Waals surface area contributed by atoms with Gasteiger partial charge in [0.05, 0.1) is 23.5 Å². The summed E-state index contributed by atoms with van der Waals surface area (Å²) in [5.41, 5.74) is 4.48. The van der Waals surface area contributed by atoms with E-state index >= 15 is 0 Å². The molecule has 0 bridgehead atoms. The van der Waals surface area contributed by atoms with Gasteiger partial charge in [-0.2, -0.15) is 5.10 Å². The molecule has 0 spiro atoms. The fourth-order valence-corrected chi connectivity index (χ4v) is 3.99. The molecule has 0 unspecified atom stereocenters. The number of hydrogen-bond donors (Lipinski definition) is 2. The van der Waals surface area contributed by atoms with Crippen LogP contribution in [-0.2, 0) is 4.74 Å². The van der Waals surface area contributed by atoms with Gasteiger partial charge in [0, 0.05) is 41.8 Å². The lowest BCUT2D eigenvalue weighted by atomic mass is 10.1. The lowest BCUT2D eigenvalue weighted by molar-refractivity contribution is 0.0679. The molecule has 6 rings (SSSR count). The minimum absolute atomic E-state index is 0.203. The highest BCUT2D eigenvalue weighted by molar-refractivity contribution is 5.84. The van der Waals surface area contributed by atoms with E-state index in [0.29, 0.717) is 12.4 Å². The average molecular weight is 426 g/mol. The van der Waals surface area contributed by atoms with Crippen LogP contribution in [0.1, 0.15) is 12.8 Å². The lowest BCUT2D eigenvalue weighted by Crippen LogP contribution is -2.16. The molecule has 1 fully saturated rings. The van der Waals surface area contributed by atoms with E-state index in [0.717, 1.165) is 58.7 Å². The summed E-state index contributed by atoms with van der Waals surface area (Å²) in [6.07, 6.45) is 9.86. The minimum atomic E-state index is 0.203. The molecule has 0 amide bonds. The van der Waals surface area contributed by atoms with Crippen LogP contribution in [0.15, 0.2) is 67.3 Å². The van der Waals surface area contributed by atoms with Gasteiger partial charge in [-0.15, -0.1) is 0 Å². The molecule has 1 aliphatic heterocycles. The number of imidazole rings is 1. The maximum absolute atomic E-state index is 5.87. The van der Waals surface area contributed by atoms with Gasteiger partial charge < -0.3 is 19.2 Å². The molecular formula is C24H22N6O2. The number of aromatic amines is 1. The fraction of sp³-hybridized carbons (Fsp3) is 0.208. The largest absolute Gasteiger partial charge is 0.491 e. The van der Waals surface area contributed by atoms with Gasteiger partial charge in [-0.05, 0) is 43.2 Å². The van der Waals surface area contributed by atoms with Crippen LogP contribution in [0, 0.1) is 0 Å². The number of anilines is 2. The summed E-state index contributed by atoms with van der Waals surface area (Å²) in [6, 6.07) is 14.0. The van der Waals surface area contributed by atoms with E-state index in [4.69, 9.17) is 14.5 Å². The maximum Gasteiger partial charge on any atom is 0.180 e. The van der Waals surface area contributed by atoms with Crippen molar-refractivity contribution in [1.82, 2.24) is 24.6 Å². The zero-order chi connectivity index (χ0) is 21.3. The van der Waals surface area contributed by atoms with Crippen LogP contribution < -0.4 is 10.1 Å². The van der Waals surface area contributed by atoms with Crippen LogP contribution in [0.4, 0.5) is 11.5 Å². The normalized spacial score (nSPS) is 16.1. The second-order valence-corrected chi connectivity index (χ2v) is 7.90. The molecule has 3 aromatic heterocycles. The van der Waals surface area contributed by atoms with Crippen molar-refractivity contribution >= 4 is 28.1 Å². The zero-order valence-electron chi connectivity index (χ0n) is 17.4. The molecule has 4 heterocycles. The summed E-state index contributed by atoms with van der Waals surface area (Å²) < 4.78 is 13.5. The Bertz CT molecular complexity index is 1370. The Morgan fingerprint density at radius 2 is 2.12 bits per heavy atom. The van der Waals surface area contributed by atoms with Crippen molar-refractivity contribution in [3.63, 3.8) is 0 Å². The van der Waals surface area contributed by atoms with E-state index in [1.807, 2.05) is 59.4 Å². The van der Waals surface area contributed by atoms with Crippen LogP contribution in [0.2, 0.25) is 0 Å². The molecule has 2 aromatic carbocycles. The minimum Gasteiger partial charge on any atom is -0.491 e. The van der Waals surface area contributed by atoms with E-state index in [9.17, 15) is 0 Å². The van der Waals surface area contributed by atoms with Crippen molar-refractivity contribution in [2.75, 3.05) is 18.5 Å². The van der Waals surface area contributed by atoms with E-state index in [1.165, 1.54) is 0 Å². The number of hydrogen-bond acceptors (Lipinski definition) is 6. The van der Waals surface area contributed by atoms with Crippen molar-refractivity contribution in [2.45, 2.75) is 18.9 Å². The highest BCUT2D eigenvalue weighted by Gasteiger charge is 2.16. The molecule has 8 heteroatoms. The van der Waals surface area contributed by atoms with Gasteiger partial charge in [-0.3, -0.25) is 5.10 Å². The topological polar surface area (TPSA) is 89.4 Å². The Labute approximate surface area is 184 Å². The summed E-state index contributed by atoms with van der Waals surface area (Å²) >= 11 is 0. The first kappa shape index (κ1) is 18.8. The number of aromatic nitrogens is 5. The fourth-order valence-electron chi connectivity index (χ4n) is 3.99. The molecule has 2 N–H and O–H groups in total. The van der Waals surface area contributed by atoms with Gasteiger partial charge in [-0.1, -0.05) is 12.1 Å². The second-order valence-electron chi connectivity index (χ2n) is 7.90. The van der Waals surface area contributed by atoms with E-state index in [-0.39, 0.29) is 6.10 Å². The molecule has 1 saturated heterocycles. The van der Waals surface area contributed by atoms with Crippen LogP contribution in [0.3, 0.4) is 0 Å². The van der Waals surface area contributed by atoms with E-state index < -0.39 is 0 Å². The molecule has 0 saturated carbocycles. The maximum atomic E-state index is 5.87. The average Bonchev–Trinajstić information content (AvgIpc) is 3.59. The first-order valence-electron chi connectivity index (χ1n) is 10.7. The first-order valence-corrected chi connectivity index (χ1v) is 10.7. The zero-order valence-corrected chi connectivity index (χ0v) is 17.4. The molecule has 1 aliphatic rings. The van der Waals surface area contributed by atoms with E-state index in [2.05, 4.69) is 26.6 Å².